The van der Waals surface area contributed by atoms with E-state index in [9.17, 15) is 0 Å². The molecule has 0 bridgehead atoms. The zero-order valence-corrected chi connectivity index (χ0v) is 12.3. The molecule has 2 aromatic rings. The first-order valence-electron chi connectivity index (χ1n) is 6.02. The fourth-order valence-corrected chi connectivity index (χ4v) is 1.85. The summed E-state index contributed by atoms with van der Waals surface area (Å²) in [5.41, 5.74) is 3.79. The summed E-state index contributed by atoms with van der Waals surface area (Å²) in [5, 5.41) is 3.57. The largest absolute Gasteiger partial charge is 0.378 e. The summed E-state index contributed by atoms with van der Waals surface area (Å²) in [6, 6.07) is 8.04. The number of aromatic nitrogens is 2. The summed E-state index contributed by atoms with van der Waals surface area (Å²) < 4.78 is 0. The van der Waals surface area contributed by atoms with Crippen molar-refractivity contribution >= 4 is 28.8 Å². The first kappa shape index (κ1) is 13.6. The first-order chi connectivity index (χ1) is 8.97. The number of nitrogens with zero attached hydrogens (tertiary/aromatic N) is 3. The molecule has 0 saturated heterocycles. The highest BCUT2D eigenvalue weighted by molar-refractivity contribution is 6.31. The molecule has 100 valence electrons. The molecule has 4 nitrogen and oxygen atoms in total. The Balaban J connectivity index is 2.24. The molecule has 1 heterocycles. The summed E-state index contributed by atoms with van der Waals surface area (Å²) >= 11 is 6.09. The summed E-state index contributed by atoms with van der Waals surface area (Å²) in [4.78, 5) is 10.7. The fourth-order valence-electron chi connectivity index (χ4n) is 1.63. The number of benzene rings is 1. The molecule has 0 spiro atoms. The number of nitrogens with one attached hydrogen (secondary N) is 1. The Labute approximate surface area is 118 Å². The Morgan fingerprint density at radius 3 is 2.16 bits per heavy atom. The van der Waals surface area contributed by atoms with Crippen LogP contribution in [0.25, 0.3) is 0 Å². The molecule has 1 aromatic heterocycles. The maximum absolute atomic E-state index is 6.09. The summed E-state index contributed by atoms with van der Waals surface area (Å²) in [6.07, 6.45) is 0. The van der Waals surface area contributed by atoms with Crippen molar-refractivity contribution in [1.29, 1.82) is 0 Å². The van der Waals surface area contributed by atoms with Crippen molar-refractivity contribution < 1.29 is 0 Å². The molecule has 0 unspecified atom stereocenters. The van der Waals surface area contributed by atoms with Gasteiger partial charge in [0.15, 0.2) is 11.0 Å². The van der Waals surface area contributed by atoms with Gasteiger partial charge in [-0.1, -0.05) is 11.6 Å². The van der Waals surface area contributed by atoms with Crippen molar-refractivity contribution in [2.75, 3.05) is 24.3 Å². The third kappa shape index (κ3) is 3.15. The van der Waals surface area contributed by atoms with Crippen LogP contribution < -0.4 is 10.2 Å². The van der Waals surface area contributed by atoms with Gasteiger partial charge in [-0.15, -0.1) is 0 Å². The summed E-state index contributed by atoms with van der Waals surface area (Å²) in [7, 11) is 4.02. The molecule has 1 aromatic carbocycles. The second-order valence-corrected chi connectivity index (χ2v) is 4.96. The van der Waals surface area contributed by atoms with Gasteiger partial charge in [-0.25, -0.2) is 9.97 Å². The molecule has 0 radical (unpaired) electrons. The van der Waals surface area contributed by atoms with Gasteiger partial charge in [0.05, 0.1) is 11.4 Å². The van der Waals surface area contributed by atoms with Crippen molar-refractivity contribution in [2.24, 2.45) is 0 Å². The van der Waals surface area contributed by atoms with E-state index in [-0.39, 0.29) is 0 Å². The van der Waals surface area contributed by atoms with Crippen LogP contribution in [-0.2, 0) is 0 Å². The zero-order valence-electron chi connectivity index (χ0n) is 11.5. The number of rotatable bonds is 3. The van der Waals surface area contributed by atoms with E-state index in [2.05, 4.69) is 15.3 Å². The van der Waals surface area contributed by atoms with Crippen LogP contribution in [0.4, 0.5) is 17.2 Å². The molecular formula is C14H17ClN4. The maximum Gasteiger partial charge on any atom is 0.172 e. The molecule has 1 N–H and O–H groups in total. The van der Waals surface area contributed by atoms with E-state index < -0.39 is 0 Å². The third-order valence-electron chi connectivity index (χ3n) is 2.91. The van der Waals surface area contributed by atoms with E-state index >= 15 is 0 Å². The van der Waals surface area contributed by atoms with Crippen molar-refractivity contribution in [3.05, 3.63) is 40.8 Å². The van der Waals surface area contributed by atoms with Gasteiger partial charge < -0.3 is 10.2 Å². The minimum Gasteiger partial charge on any atom is -0.378 e. The normalized spacial score (nSPS) is 10.4. The minimum atomic E-state index is 0.389. The molecular weight excluding hydrogens is 260 g/mol. The predicted octanol–water partition coefficient (Wildman–Crippen LogP) is 3.56. The molecule has 2 rings (SSSR count). The van der Waals surface area contributed by atoms with Crippen molar-refractivity contribution in [3.8, 4) is 0 Å². The number of anilines is 3. The van der Waals surface area contributed by atoms with Crippen LogP contribution >= 0.6 is 11.6 Å². The smallest absolute Gasteiger partial charge is 0.172 e. The van der Waals surface area contributed by atoms with Crippen molar-refractivity contribution in [3.63, 3.8) is 0 Å². The van der Waals surface area contributed by atoms with E-state index in [1.54, 1.807) is 0 Å². The van der Waals surface area contributed by atoms with Gasteiger partial charge in [-0.2, -0.15) is 0 Å². The van der Waals surface area contributed by atoms with Gasteiger partial charge in [0, 0.05) is 25.5 Å². The Kier molecular flexibility index (Phi) is 3.90. The van der Waals surface area contributed by atoms with Gasteiger partial charge in [0.25, 0.3) is 0 Å². The third-order valence-corrected chi connectivity index (χ3v) is 3.17. The molecule has 0 amide bonds. The topological polar surface area (TPSA) is 41.1 Å². The van der Waals surface area contributed by atoms with E-state index in [1.165, 1.54) is 0 Å². The van der Waals surface area contributed by atoms with Crippen molar-refractivity contribution in [1.82, 2.24) is 9.97 Å². The quantitative estimate of drug-likeness (QED) is 0.931. The van der Waals surface area contributed by atoms with Gasteiger partial charge in [-0.3, -0.25) is 0 Å². The lowest BCUT2D eigenvalue weighted by molar-refractivity contribution is 1.05. The molecule has 19 heavy (non-hydrogen) atoms. The Bertz CT molecular complexity index is 579. The average molecular weight is 277 g/mol. The number of hydrogen-bond donors (Lipinski definition) is 1. The molecule has 0 saturated carbocycles. The zero-order chi connectivity index (χ0) is 14.0. The fraction of sp³-hybridized carbons (Fsp3) is 0.286. The van der Waals surface area contributed by atoms with E-state index in [4.69, 9.17) is 11.6 Å². The van der Waals surface area contributed by atoms with E-state index in [1.807, 2.05) is 57.1 Å². The lowest BCUT2D eigenvalue weighted by Crippen LogP contribution is -2.08. The summed E-state index contributed by atoms with van der Waals surface area (Å²) in [6.45, 7) is 3.81. The molecule has 0 aliphatic heterocycles. The average Bonchev–Trinajstić information content (AvgIpc) is 2.36. The second-order valence-electron chi connectivity index (χ2n) is 4.60. The molecule has 0 atom stereocenters. The van der Waals surface area contributed by atoms with Gasteiger partial charge >= 0.3 is 0 Å². The minimum absolute atomic E-state index is 0.389. The highest BCUT2D eigenvalue weighted by atomic mass is 35.5. The highest BCUT2D eigenvalue weighted by Gasteiger charge is 2.07. The van der Waals surface area contributed by atoms with Crippen LogP contribution in [0.3, 0.4) is 0 Å². The van der Waals surface area contributed by atoms with Gasteiger partial charge in [0.2, 0.25) is 0 Å². The molecule has 5 heteroatoms. The number of aryl methyl sites for hydroxylation is 2. The number of hydrogen-bond acceptors (Lipinski definition) is 4. The second kappa shape index (κ2) is 5.45. The highest BCUT2D eigenvalue weighted by Crippen LogP contribution is 2.24. The number of halogens is 1. The van der Waals surface area contributed by atoms with Crippen LogP contribution in [-0.4, -0.2) is 24.1 Å². The Morgan fingerprint density at radius 2 is 1.58 bits per heavy atom. The maximum atomic E-state index is 6.09. The Morgan fingerprint density at radius 1 is 1.00 bits per heavy atom. The van der Waals surface area contributed by atoms with Crippen LogP contribution in [0, 0.1) is 13.8 Å². The lowest BCUT2D eigenvalue weighted by atomic mass is 10.2. The van der Waals surface area contributed by atoms with Gasteiger partial charge in [0.1, 0.15) is 0 Å². The van der Waals surface area contributed by atoms with E-state index in [0.29, 0.717) is 11.0 Å². The monoisotopic (exact) mass is 276 g/mol. The van der Waals surface area contributed by atoms with Crippen LogP contribution in [0.15, 0.2) is 24.3 Å². The molecule has 0 fully saturated rings. The van der Waals surface area contributed by atoms with Crippen LogP contribution in [0.2, 0.25) is 5.15 Å². The predicted molar refractivity (Wildman–Crippen MR) is 80.6 cm³/mol. The molecule has 0 aliphatic rings. The van der Waals surface area contributed by atoms with E-state index in [0.717, 1.165) is 22.8 Å². The summed E-state index contributed by atoms with van der Waals surface area (Å²) in [5.74, 6) is 0.586. The lowest BCUT2D eigenvalue weighted by Gasteiger charge is -2.13. The first-order valence-corrected chi connectivity index (χ1v) is 6.40. The standard InChI is InChI=1S/C14H17ClN4/c1-9-10(2)17-14(13(15)16-9)18-11-5-7-12(8-6-11)19(3)4/h5-8H,1-4H3,(H,17,18). The molecule has 0 aliphatic carbocycles. The van der Waals surface area contributed by atoms with Crippen LogP contribution in [0.1, 0.15) is 11.4 Å². The Hall–Kier alpha value is -1.81. The van der Waals surface area contributed by atoms with Crippen molar-refractivity contribution in [2.45, 2.75) is 13.8 Å². The van der Waals surface area contributed by atoms with Gasteiger partial charge in [-0.05, 0) is 38.1 Å². The SMILES string of the molecule is Cc1nc(Cl)c(Nc2ccc(N(C)C)cc2)nc1C. The van der Waals surface area contributed by atoms with Crippen LogP contribution in [0.5, 0.6) is 0 Å².